The van der Waals surface area contributed by atoms with E-state index in [0.29, 0.717) is 12.6 Å². The predicted octanol–water partition coefficient (Wildman–Crippen LogP) is 1.05. The molecule has 0 bridgehead atoms. The second-order valence-corrected chi connectivity index (χ2v) is 7.02. The topological polar surface area (TPSA) is 49.4 Å². The zero-order chi connectivity index (χ0) is 12.2. The van der Waals surface area contributed by atoms with Gasteiger partial charge in [-0.15, -0.1) is 0 Å². The van der Waals surface area contributed by atoms with Crippen molar-refractivity contribution in [2.24, 2.45) is 5.92 Å². The van der Waals surface area contributed by atoms with E-state index in [2.05, 4.69) is 12.2 Å². The fourth-order valence-electron chi connectivity index (χ4n) is 1.75. The van der Waals surface area contributed by atoms with E-state index in [1.165, 1.54) is 17.1 Å². The van der Waals surface area contributed by atoms with Crippen molar-refractivity contribution < 1.29 is 8.42 Å². The maximum Gasteiger partial charge on any atom is 0.213 e. The summed E-state index contributed by atoms with van der Waals surface area (Å²) in [5, 5.41) is 3.45. The van der Waals surface area contributed by atoms with E-state index in [0.717, 1.165) is 18.9 Å². The van der Waals surface area contributed by atoms with E-state index in [1.807, 2.05) is 0 Å². The molecule has 0 spiro atoms. The Morgan fingerprint density at radius 1 is 1.44 bits per heavy atom. The molecule has 1 aliphatic rings. The molecule has 1 unspecified atom stereocenters. The van der Waals surface area contributed by atoms with Gasteiger partial charge in [0.05, 0.1) is 5.75 Å². The molecule has 0 aromatic rings. The first-order valence-corrected chi connectivity index (χ1v) is 7.75. The third-order valence-corrected chi connectivity index (χ3v) is 5.15. The first kappa shape index (κ1) is 13.9. The molecular weight excluding hydrogens is 224 g/mol. The second kappa shape index (κ2) is 5.98. The molecule has 4 nitrogen and oxygen atoms in total. The molecule has 0 amide bonds. The summed E-state index contributed by atoms with van der Waals surface area (Å²) >= 11 is 0. The van der Waals surface area contributed by atoms with Gasteiger partial charge in [-0.3, -0.25) is 0 Å². The number of hydrogen-bond donors (Lipinski definition) is 1. The largest absolute Gasteiger partial charge is 0.314 e. The molecule has 1 N–H and O–H groups in total. The summed E-state index contributed by atoms with van der Waals surface area (Å²) in [4.78, 5) is 0. The summed E-state index contributed by atoms with van der Waals surface area (Å²) in [6.07, 6.45) is 3.57. The number of nitrogens with one attached hydrogen (secondary N) is 1. The first-order chi connectivity index (χ1) is 7.47. The van der Waals surface area contributed by atoms with Crippen LogP contribution in [-0.4, -0.2) is 44.7 Å². The van der Waals surface area contributed by atoms with Crippen LogP contribution in [0.25, 0.3) is 0 Å². The van der Waals surface area contributed by atoms with Gasteiger partial charge < -0.3 is 5.32 Å². The maximum atomic E-state index is 11.5. The molecule has 1 aliphatic carbocycles. The lowest BCUT2D eigenvalue weighted by atomic mass is 10.2. The lowest BCUT2D eigenvalue weighted by Gasteiger charge is -2.17. The lowest BCUT2D eigenvalue weighted by Crippen LogP contribution is -2.33. The Morgan fingerprint density at radius 2 is 2.06 bits per heavy atom. The average Bonchev–Trinajstić information content (AvgIpc) is 3.07. The lowest BCUT2D eigenvalue weighted by molar-refractivity contribution is 0.434. The summed E-state index contributed by atoms with van der Waals surface area (Å²) in [6.45, 7) is 5.41. The number of rotatable bonds is 8. The van der Waals surface area contributed by atoms with Crippen LogP contribution in [-0.2, 0) is 10.0 Å². The number of sulfonamides is 1. The molecule has 0 aromatic heterocycles. The number of hydrogen-bond acceptors (Lipinski definition) is 3. The summed E-state index contributed by atoms with van der Waals surface area (Å²) in [5.74, 6) is 1.05. The molecule has 1 saturated carbocycles. The molecule has 0 aromatic carbocycles. The second-order valence-electron chi connectivity index (χ2n) is 4.66. The molecule has 16 heavy (non-hydrogen) atoms. The zero-order valence-electron chi connectivity index (χ0n) is 10.6. The van der Waals surface area contributed by atoms with E-state index in [9.17, 15) is 8.42 Å². The van der Waals surface area contributed by atoms with Crippen molar-refractivity contribution in [1.29, 1.82) is 0 Å². The van der Waals surface area contributed by atoms with Gasteiger partial charge in [0.2, 0.25) is 10.0 Å². The molecular formula is C11H24N2O2S. The van der Waals surface area contributed by atoms with Gasteiger partial charge in [-0.1, -0.05) is 0 Å². The highest BCUT2D eigenvalue weighted by Crippen LogP contribution is 2.32. The molecule has 5 heteroatoms. The van der Waals surface area contributed by atoms with Crippen molar-refractivity contribution in [2.45, 2.75) is 39.2 Å². The summed E-state index contributed by atoms with van der Waals surface area (Å²) < 4.78 is 24.4. The van der Waals surface area contributed by atoms with Gasteiger partial charge in [-0.25, -0.2) is 12.7 Å². The van der Waals surface area contributed by atoms with Gasteiger partial charge >= 0.3 is 0 Å². The van der Waals surface area contributed by atoms with Crippen LogP contribution in [0.3, 0.4) is 0 Å². The van der Waals surface area contributed by atoms with Crippen LogP contribution in [0, 0.1) is 5.92 Å². The quantitative estimate of drug-likeness (QED) is 0.653. The summed E-state index contributed by atoms with van der Waals surface area (Å²) in [7, 11) is -1.34. The molecule has 96 valence electrons. The molecule has 1 atom stereocenters. The Morgan fingerprint density at radius 3 is 2.56 bits per heavy atom. The smallest absolute Gasteiger partial charge is 0.213 e. The van der Waals surface area contributed by atoms with Crippen molar-refractivity contribution >= 4 is 10.0 Å². The van der Waals surface area contributed by atoms with E-state index in [4.69, 9.17) is 0 Å². The molecule has 0 heterocycles. The van der Waals surface area contributed by atoms with E-state index in [-0.39, 0.29) is 5.75 Å². The normalized spacial score (nSPS) is 19.0. The minimum absolute atomic E-state index is 0.190. The minimum atomic E-state index is -3.00. The first-order valence-electron chi connectivity index (χ1n) is 6.14. The van der Waals surface area contributed by atoms with Gasteiger partial charge in [0.15, 0.2) is 0 Å². The highest BCUT2D eigenvalue weighted by molar-refractivity contribution is 7.89. The highest BCUT2D eigenvalue weighted by atomic mass is 32.2. The van der Waals surface area contributed by atoms with Crippen molar-refractivity contribution in [2.75, 3.05) is 25.9 Å². The van der Waals surface area contributed by atoms with Crippen LogP contribution in [0.15, 0.2) is 0 Å². The van der Waals surface area contributed by atoms with Crippen molar-refractivity contribution in [1.82, 2.24) is 9.62 Å². The molecule has 1 rings (SSSR count). The predicted molar refractivity (Wildman–Crippen MR) is 66.9 cm³/mol. The Labute approximate surface area is 99.5 Å². The maximum absolute atomic E-state index is 11.5. The van der Waals surface area contributed by atoms with E-state index in [1.54, 1.807) is 14.0 Å². The number of nitrogens with zero attached hydrogens (tertiary/aromatic N) is 1. The third kappa shape index (κ3) is 4.39. The monoisotopic (exact) mass is 248 g/mol. The molecule has 0 aliphatic heterocycles. The average molecular weight is 248 g/mol. The fraction of sp³-hybridized carbons (Fsp3) is 1.00. The van der Waals surface area contributed by atoms with Gasteiger partial charge in [0, 0.05) is 19.6 Å². The summed E-state index contributed by atoms with van der Waals surface area (Å²) in [6, 6.07) is 0.591. The SMILES string of the molecule is CCS(=O)(=O)N(C)CCCNC(C)C1CC1. The van der Waals surface area contributed by atoms with Crippen LogP contribution in [0.5, 0.6) is 0 Å². The van der Waals surface area contributed by atoms with Crippen LogP contribution >= 0.6 is 0 Å². The van der Waals surface area contributed by atoms with Gasteiger partial charge in [-0.2, -0.15) is 0 Å². The Bertz CT molecular complexity index is 299. The van der Waals surface area contributed by atoms with E-state index >= 15 is 0 Å². The summed E-state index contributed by atoms with van der Waals surface area (Å²) in [5.41, 5.74) is 0. The van der Waals surface area contributed by atoms with Crippen molar-refractivity contribution in [3.05, 3.63) is 0 Å². The van der Waals surface area contributed by atoms with Crippen LogP contribution in [0.4, 0.5) is 0 Å². The molecule has 1 fully saturated rings. The Kier molecular flexibility index (Phi) is 5.21. The zero-order valence-corrected chi connectivity index (χ0v) is 11.4. The van der Waals surface area contributed by atoms with E-state index < -0.39 is 10.0 Å². The standard InChI is InChI=1S/C11H24N2O2S/c1-4-16(14,15)13(3)9-5-8-12-10(2)11-6-7-11/h10-12H,4-9H2,1-3H3. The Balaban J connectivity index is 2.10. The molecule has 0 radical (unpaired) electrons. The van der Waals surface area contributed by atoms with Gasteiger partial charge in [0.1, 0.15) is 0 Å². The Hall–Kier alpha value is -0.130. The van der Waals surface area contributed by atoms with Crippen LogP contribution < -0.4 is 5.32 Å². The minimum Gasteiger partial charge on any atom is -0.314 e. The van der Waals surface area contributed by atoms with Crippen molar-refractivity contribution in [3.63, 3.8) is 0 Å². The fourth-order valence-corrected chi connectivity index (χ4v) is 2.60. The van der Waals surface area contributed by atoms with Crippen LogP contribution in [0.1, 0.15) is 33.1 Å². The highest BCUT2D eigenvalue weighted by Gasteiger charge is 2.27. The van der Waals surface area contributed by atoms with Crippen molar-refractivity contribution in [3.8, 4) is 0 Å². The molecule has 0 saturated heterocycles. The van der Waals surface area contributed by atoms with Gasteiger partial charge in [0.25, 0.3) is 0 Å². The van der Waals surface area contributed by atoms with Crippen LogP contribution in [0.2, 0.25) is 0 Å². The van der Waals surface area contributed by atoms with Gasteiger partial charge in [-0.05, 0) is 45.6 Å². The third-order valence-electron chi connectivity index (χ3n) is 3.28.